The maximum Gasteiger partial charge on any atom is 0.407 e. The van der Waals surface area contributed by atoms with E-state index in [0.717, 1.165) is 26.8 Å². The van der Waals surface area contributed by atoms with Gasteiger partial charge in [-0.05, 0) is 64.6 Å². The van der Waals surface area contributed by atoms with Gasteiger partial charge in [0.2, 0.25) is 0 Å². The first-order valence-corrected chi connectivity index (χ1v) is 13.1. The molecule has 1 heterocycles. The molecule has 1 aliphatic rings. The Kier molecular flexibility index (Phi) is 7.20. The zero-order chi connectivity index (χ0) is 25.1. The smallest absolute Gasteiger partial charge is 0.407 e. The van der Waals surface area contributed by atoms with E-state index in [1.165, 1.54) is 34.0 Å². The number of aryl methyl sites for hydroxylation is 1. The Hall–Kier alpha value is -3.42. The molecule has 0 fully saturated rings. The van der Waals surface area contributed by atoms with Gasteiger partial charge in [0.15, 0.2) is 6.29 Å². The van der Waals surface area contributed by atoms with E-state index >= 15 is 0 Å². The molecule has 0 bridgehead atoms. The molecule has 5 nitrogen and oxygen atoms in total. The summed E-state index contributed by atoms with van der Waals surface area (Å²) in [6.07, 6.45) is 1.99. The second-order valence-corrected chi connectivity index (χ2v) is 10.4. The van der Waals surface area contributed by atoms with Gasteiger partial charge in [-0.1, -0.05) is 76.2 Å². The molecule has 1 aromatic heterocycles. The number of alkyl carbamates (subject to hydrolysis) is 1. The first kappa shape index (κ1) is 24.3. The van der Waals surface area contributed by atoms with E-state index in [-0.39, 0.29) is 19.1 Å². The number of rotatable bonds is 7. The van der Waals surface area contributed by atoms with Crippen molar-refractivity contribution in [3.05, 3.63) is 111 Å². The quantitative estimate of drug-likeness (QED) is 0.244. The topological polar surface area (TPSA) is 68.3 Å². The molecule has 1 aliphatic carbocycles. The molecule has 36 heavy (non-hydrogen) atoms. The largest absolute Gasteiger partial charge is 0.449 e. The van der Waals surface area contributed by atoms with Crippen LogP contribution in [0.5, 0.6) is 0 Å². The van der Waals surface area contributed by atoms with Crippen molar-refractivity contribution >= 4 is 40.1 Å². The fourth-order valence-corrected chi connectivity index (χ4v) is 6.21. The Bertz CT molecular complexity index is 1410. The lowest BCUT2D eigenvalue weighted by Crippen LogP contribution is -2.26. The Balaban J connectivity index is 1.29. The molecule has 7 heteroatoms. The number of fused-ring (bicyclic) bond motifs is 3. The van der Waals surface area contributed by atoms with Crippen LogP contribution in [0.3, 0.4) is 0 Å². The van der Waals surface area contributed by atoms with Crippen molar-refractivity contribution < 1.29 is 14.3 Å². The number of ether oxygens (including phenoxy) is 1. The number of nitrogens with zero attached hydrogens (tertiary/aromatic N) is 1. The van der Waals surface area contributed by atoms with E-state index in [1.54, 1.807) is 18.3 Å². The van der Waals surface area contributed by atoms with Crippen molar-refractivity contribution in [2.45, 2.75) is 29.3 Å². The van der Waals surface area contributed by atoms with Gasteiger partial charge < -0.3 is 10.1 Å². The normalized spacial score (nSPS) is 12.1. The van der Waals surface area contributed by atoms with Gasteiger partial charge in [-0.3, -0.25) is 4.79 Å². The number of aromatic nitrogens is 1. The van der Waals surface area contributed by atoms with Crippen LogP contribution in [-0.4, -0.2) is 24.0 Å². The molecule has 1 N–H and O–H groups in total. The number of pyridine rings is 1. The highest BCUT2D eigenvalue weighted by Gasteiger charge is 2.29. The fourth-order valence-electron chi connectivity index (χ4n) is 4.57. The molecule has 0 aliphatic heterocycles. The number of hydrogen-bond acceptors (Lipinski definition) is 5. The molecular weight excluding hydrogens is 536 g/mol. The number of aldehydes is 1. The van der Waals surface area contributed by atoms with Crippen molar-refractivity contribution in [3.8, 4) is 11.1 Å². The molecule has 4 aromatic rings. The Labute approximate surface area is 222 Å². The van der Waals surface area contributed by atoms with E-state index in [0.29, 0.717) is 10.6 Å². The van der Waals surface area contributed by atoms with Crippen LogP contribution in [-0.2, 0) is 11.3 Å². The van der Waals surface area contributed by atoms with Gasteiger partial charge in [0.05, 0.1) is 0 Å². The first-order valence-electron chi connectivity index (χ1n) is 11.5. The van der Waals surface area contributed by atoms with Gasteiger partial charge in [-0.15, -0.1) is 0 Å². The number of halogens is 1. The van der Waals surface area contributed by atoms with E-state index in [4.69, 9.17) is 4.74 Å². The summed E-state index contributed by atoms with van der Waals surface area (Å²) < 4.78 is 6.60. The SMILES string of the molecule is Cc1cc(Br)cc(CNC(=O)OCC2c3ccccc3-c3ccccc32)c1Sc1ncccc1C=O. The summed E-state index contributed by atoms with van der Waals surface area (Å²) in [6.45, 7) is 2.53. The zero-order valence-electron chi connectivity index (χ0n) is 19.5. The number of hydrogen-bond donors (Lipinski definition) is 1. The van der Waals surface area contributed by atoms with Crippen molar-refractivity contribution in [1.82, 2.24) is 10.3 Å². The number of nitrogens with one attached hydrogen (secondary N) is 1. The Morgan fingerprint density at radius 1 is 1.06 bits per heavy atom. The fraction of sp³-hybridized carbons (Fsp3) is 0.138. The number of amides is 1. The predicted molar refractivity (Wildman–Crippen MR) is 145 cm³/mol. The van der Waals surface area contributed by atoms with Crippen LogP contribution < -0.4 is 5.32 Å². The van der Waals surface area contributed by atoms with Crippen molar-refractivity contribution in [3.63, 3.8) is 0 Å². The predicted octanol–water partition coefficient (Wildman–Crippen LogP) is 7.15. The van der Waals surface area contributed by atoms with Crippen LogP contribution >= 0.6 is 27.7 Å². The maximum absolute atomic E-state index is 12.7. The Morgan fingerprint density at radius 3 is 2.44 bits per heavy atom. The van der Waals surface area contributed by atoms with Crippen LogP contribution in [0.15, 0.2) is 93.4 Å². The van der Waals surface area contributed by atoms with Crippen LogP contribution in [0.1, 0.15) is 38.5 Å². The summed E-state index contributed by atoms with van der Waals surface area (Å²) in [7, 11) is 0. The highest BCUT2D eigenvalue weighted by Crippen LogP contribution is 2.44. The van der Waals surface area contributed by atoms with E-state index in [9.17, 15) is 9.59 Å². The minimum Gasteiger partial charge on any atom is -0.449 e. The van der Waals surface area contributed by atoms with E-state index in [2.05, 4.69) is 50.5 Å². The van der Waals surface area contributed by atoms with Crippen LogP contribution in [0.25, 0.3) is 11.1 Å². The lowest BCUT2D eigenvalue weighted by Gasteiger charge is -2.16. The van der Waals surface area contributed by atoms with Gasteiger partial charge in [-0.2, -0.15) is 0 Å². The van der Waals surface area contributed by atoms with Gasteiger partial charge in [0, 0.05) is 33.6 Å². The summed E-state index contributed by atoms with van der Waals surface area (Å²) in [5.41, 5.74) is 7.18. The average molecular weight is 559 g/mol. The van der Waals surface area contributed by atoms with Crippen molar-refractivity contribution in [2.24, 2.45) is 0 Å². The van der Waals surface area contributed by atoms with Crippen LogP contribution in [0, 0.1) is 6.92 Å². The standard InChI is InChI=1S/C29H23BrN2O3S/c1-18-13-21(30)14-20(27(18)36-28-19(16-33)7-6-12-31-28)15-32-29(34)35-17-26-24-10-4-2-8-22(24)23-9-3-5-11-25(23)26/h2-14,16,26H,15,17H2,1H3,(H,32,34). The van der Waals surface area contributed by atoms with Gasteiger partial charge in [0.1, 0.15) is 11.6 Å². The number of benzene rings is 3. The lowest BCUT2D eigenvalue weighted by molar-refractivity contribution is 0.112. The number of carbonyl (C=O) groups is 2. The Morgan fingerprint density at radius 2 is 1.75 bits per heavy atom. The molecule has 5 rings (SSSR count). The monoisotopic (exact) mass is 558 g/mol. The maximum atomic E-state index is 12.7. The van der Waals surface area contributed by atoms with Crippen LogP contribution in [0.4, 0.5) is 4.79 Å². The van der Waals surface area contributed by atoms with Gasteiger partial charge in [-0.25, -0.2) is 9.78 Å². The molecular formula is C29H23BrN2O3S. The lowest BCUT2D eigenvalue weighted by atomic mass is 9.98. The second kappa shape index (κ2) is 10.7. The molecule has 0 saturated carbocycles. The zero-order valence-corrected chi connectivity index (χ0v) is 21.9. The summed E-state index contributed by atoms with van der Waals surface area (Å²) >= 11 is 4.96. The van der Waals surface area contributed by atoms with E-state index < -0.39 is 6.09 Å². The summed E-state index contributed by atoms with van der Waals surface area (Å²) in [4.78, 5) is 29.5. The highest BCUT2D eigenvalue weighted by molar-refractivity contribution is 9.10. The third kappa shape index (κ3) is 4.94. The first-order chi connectivity index (χ1) is 17.5. The molecule has 0 saturated heterocycles. The third-order valence-electron chi connectivity index (χ3n) is 6.21. The van der Waals surface area contributed by atoms with E-state index in [1.807, 2.05) is 43.3 Å². The average Bonchev–Trinajstić information content (AvgIpc) is 3.22. The minimum atomic E-state index is -0.475. The summed E-state index contributed by atoms with van der Waals surface area (Å²) in [5, 5.41) is 3.52. The third-order valence-corrected chi connectivity index (χ3v) is 7.99. The summed E-state index contributed by atoms with van der Waals surface area (Å²) in [6, 6.07) is 24.0. The molecule has 3 aromatic carbocycles. The van der Waals surface area contributed by atoms with Crippen LogP contribution in [0.2, 0.25) is 0 Å². The molecule has 0 spiro atoms. The highest BCUT2D eigenvalue weighted by atomic mass is 79.9. The molecule has 1 amide bonds. The van der Waals surface area contributed by atoms with Gasteiger partial charge in [0.25, 0.3) is 0 Å². The van der Waals surface area contributed by atoms with Crippen molar-refractivity contribution in [2.75, 3.05) is 6.61 Å². The molecule has 0 atom stereocenters. The van der Waals surface area contributed by atoms with Gasteiger partial charge >= 0.3 is 6.09 Å². The van der Waals surface area contributed by atoms with Crippen molar-refractivity contribution in [1.29, 1.82) is 0 Å². The summed E-state index contributed by atoms with van der Waals surface area (Å²) in [5.74, 6) is 0.00768. The molecule has 180 valence electrons. The minimum absolute atomic E-state index is 0.00768. The second-order valence-electron chi connectivity index (χ2n) is 8.51. The molecule has 0 radical (unpaired) electrons. The molecule has 0 unspecified atom stereocenters. The number of carbonyl (C=O) groups excluding carboxylic acids is 2.